The lowest BCUT2D eigenvalue weighted by Crippen LogP contribution is -2.15. The monoisotopic (exact) mass is 587 g/mol. The SMILES string of the molecule is C=CC(=O)Nc1cc(S(N)(=O)=O)cc(C)c1Nc1ncc2cc(-c3c(Cl)c(OC)cc(OC)c3Cl)ccc2n1. The number of aromatic nitrogens is 2. The number of methoxy groups -OCH3 is 2. The topological polar surface area (TPSA) is 146 Å². The zero-order chi connectivity index (χ0) is 28.5. The van der Waals surface area contributed by atoms with Gasteiger partial charge in [-0.15, -0.1) is 0 Å². The Morgan fingerprint density at radius 3 is 2.33 bits per heavy atom. The van der Waals surface area contributed by atoms with E-state index in [-0.39, 0.29) is 16.5 Å². The summed E-state index contributed by atoms with van der Waals surface area (Å²) in [5, 5.41) is 12.3. The van der Waals surface area contributed by atoms with E-state index in [0.717, 1.165) is 6.08 Å². The van der Waals surface area contributed by atoms with Crippen molar-refractivity contribution in [2.75, 3.05) is 24.9 Å². The maximum atomic E-state index is 12.0. The van der Waals surface area contributed by atoms with Gasteiger partial charge in [0.1, 0.15) is 11.5 Å². The van der Waals surface area contributed by atoms with E-state index in [2.05, 4.69) is 27.2 Å². The van der Waals surface area contributed by atoms with Gasteiger partial charge in [0.05, 0.1) is 46.1 Å². The quantitative estimate of drug-likeness (QED) is 0.231. The fourth-order valence-corrected chi connectivity index (χ4v) is 5.21. The predicted molar refractivity (Wildman–Crippen MR) is 153 cm³/mol. The zero-order valence-corrected chi connectivity index (χ0v) is 23.3. The number of halogens is 2. The van der Waals surface area contributed by atoms with Gasteiger partial charge in [-0.2, -0.15) is 0 Å². The van der Waals surface area contributed by atoms with E-state index in [4.69, 9.17) is 37.8 Å². The van der Waals surface area contributed by atoms with Gasteiger partial charge in [0.15, 0.2) is 0 Å². The standard InChI is InChI=1S/C26H23Cl2N5O5S/c1-5-21(34)31-18-10-16(39(29,35)36)8-13(2)25(18)33-26-30-12-15-9-14(6-7-17(15)32-26)22-23(27)19(37-3)11-20(38-4)24(22)28/h5-12H,1H2,2-4H3,(H,31,34)(H2,29,35,36)(H,30,32,33). The van der Waals surface area contributed by atoms with Gasteiger partial charge in [-0.3, -0.25) is 4.79 Å². The molecular weight excluding hydrogens is 565 g/mol. The molecule has 0 aliphatic rings. The molecule has 0 saturated heterocycles. The van der Waals surface area contributed by atoms with Crippen LogP contribution in [0.5, 0.6) is 11.5 Å². The van der Waals surface area contributed by atoms with Crippen LogP contribution in [0.1, 0.15) is 5.56 Å². The molecule has 0 radical (unpaired) electrons. The summed E-state index contributed by atoms with van der Waals surface area (Å²) in [5.74, 6) is 0.483. The second-order valence-corrected chi connectivity index (χ2v) is 10.6. The Morgan fingerprint density at radius 1 is 1.08 bits per heavy atom. The van der Waals surface area contributed by atoms with Gasteiger partial charge >= 0.3 is 0 Å². The number of nitrogens with zero attached hydrogens (tertiary/aromatic N) is 2. The summed E-state index contributed by atoms with van der Waals surface area (Å²) in [7, 11) is -1.02. The summed E-state index contributed by atoms with van der Waals surface area (Å²) in [6.07, 6.45) is 2.66. The average molecular weight is 588 g/mol. The minimum absolute atomic E-state index is 0.164. The van der Waals surface area contributed by atoms with Crippen LogP contribution >= 0.6 is 23.2 Å². The molecule has 4 aromatic rings. The number of carbonyl (C=O) groups is 1. The summed E-state index contributed by atoms with van der Waals surface area (Å²) in [5.41, 5.74) is 2.86. The molecular formula is C26H23Cl2N5O5S. The number of sulfonamides is 1. The van der Waals surface area contributed by atoms with E-state index in [0.29, 0.717) is 54.8 Å². The average Bonchev–Trinajstić information content (AvgIpc) is 2.90. The van der Waals surface area contributed by atoms with Crippen molar-refractivity contribution in [1.82, 2.24) is 9.97 Å². The fraction of sp³-hybridized carbons (Fsp3) is 0.115. The smallest absolute Gasteiger partial charge is 0.247 e. The minimum Gasteiger partial charge on any atom is -0.495 e. The van der Waals surface area contributed by atoms with E-state index in [1.807, 2.05) is 6.07 Å². The molecule has 202 valence electrons. The van der Waals surface area contributed by atoms with Gasteiger partial charge < -0.3 is 20.1 Å². The molecule has 0 unspecified atom stereocenters. The van der Waals surface area contributed by atoms with Crippen molar-refractivity contribution in [1.29, 1.82) is 0 Å². The molecule has 0 fully saturated rings. The van der Waals surface area contributed by atoms with Gasteiger partial charge in [-0.05, 0) is 48.4 Å². The Hall–Kier alpha value is -3.90. The van der Waals surface area contributed by atoms with E-state index in [1.54, 1.807) is 31.3 Å². The minimum atomic E-state index is -4.02. The normalized spacial score (nSPS) is 11.2. The number of fused-ring (bicyclic) bond motifs is 1. The van der Waals surface area contributed by atoms with Crippen LogP contribution in [0.2, 0.25) is 10.0 Å². The van der Waals surface area contributed by atoms with E-state index in [9.17, 15) is 13.2 Å². The van der Waals surface area contributed by atoms with Gasteiger partial charge in [-0.1, -0.05) is 35.8 Å². The van der Waals surface area contributed by atoms with Crippen molar-refractivity contribution in [3.63, 3.8) is 0 Å². The molecule has 1 heterocycles. The van der Waals surface area contributed by atoms with Gasteiger partial charge in [0, 0.05) is 23.2 Å². The van der Waals surface area contributed by atoms with Crippen molar-refractivity contribution >= 4 is 67.4 Å². The first-order valence-corrected chi connectivity index (χ1v) is 13.5. The molecule has 0 saturated carbocycles. The maximum absolute atomic E-state index is 12.0. The molecule has 1 amide bonds. The molecule has 4 N–H and O–H groups in total. The number of ether oxygens (including phenoxy) is 2. The first-order valence-electron chi connectivity index (χ1n) is 11.2. The van der Waals surface area contributed by atoms with Crippen LogP contribution in [0.15, 0.2) is 60.1 Å². The van der Waals surface area contributed by atoms with Crippen LogP contribution in [-0.4, -0.2) is 38.5 Å². The summed E-state index contributed by atoms with van der Waals surface area (Å²) in [6.45, 7) is 5.08. The molecule has 0 aliphatic heterocycles. The third-order valence-electron chi connectivity index (χ3n) is 5.76. The maximum Gasteiger partial charge on any atom is 0.247 e. The lowest BCUT2D eigenvalue weighted by Gasteiger charge is -2.16. The number of aryl methyl sites for hydroxylation is 1. The highest BCUT2D eigenvalue weighted by molar-refractivity contribution is 7.89. The van der Waals surface area contributed by atoms with Crippen LogP contribution in [0.25, 0.3) is 22.0 Å². The van der Waals surface area contributed by atoms with Crippen molar-refractivity contribution in [3.8, 4) is 22.6 Å². The molecule has 0 spiro atoms. The highest BCUT2D eigenvalue weighted by Crippen LogP contribution is 2.46. The van der Waals surface area contributed by atoms with Crippen LogP contribution < -0.4 is 25.2 Å². The lowest BCUT2D eigenvalue weighted by molar-refractivity contribution is -0.111. The Bertz CT molecular complexity index is 1720. The largest absolute Gasteiger partial charge is 0.495 e. The van der Waals surface area contributed by atoms with Crippen LogP contribution in [0.3, 0.4) is 0 Å². The number of hydrogen-bond donors (Lipinski definition) is 3. The summed E-state index contributed by atoms with van der Waals surface area (Å²) in [6, 6.07) is 9.63. The molecule has 0 aliphatic carbocycles. The first kappa shape index (κ1) is 28.1. The van der Waals surface area contributed by atoms with Crippen LogP contribution in [0.4, 0.5) is 17.3 Å². The highest BCUT2D eigenvalue weighted by Gasteiger charge is 2.20. The zero-order valence-electron chi connectivity index (χ0n) is 21.0. The number of anilines is 3. The Morgan fingerprint density at radius 2 is 1.74 bits per heavy atom. The third-order valence-corrected chi connectivity index (χ3v) is 7.40. The van der Waals surface area contributed by atoms with Crippen molar-refractivity contribution < 1.29 is 22.7 Å². The molecule has 1 aromatic heterocycles. The van der Waals surface area contributed by atoms with Crippen LogP contribution in [-0.2, 0) is 14.8 Å². The van der Waals surface area contributed by atoms with Crippen molar-refractivity contribution in [2.24, 2.45) is 5.14 Å². The van der Waals surface area contributed by atoms with Gasteiger partial charge in [0.2, 0.25) is 21.9 Å². The van der Waals surface area contributed by atoms with E-state index >= 15 is 0 Å². The number of primary sulfonamides is 1. The predicted octanol–water partition coefficient (Wildman–Crippen LogP) is 5.44. The second kappa shape index (κ2) is 11.1. The molecule has 0 atom stereocenters. The highest BCUT2D eigenvalue weighted by atomic mass is 35.5. The summed E-state index contributed by atoms with van der Waals surface area (Å²) in [4.78, 5) is 20.8. The van der Waals surface area contributed by atoms with Crippen LogP contribution in [0, 0.1) is 6.92 Å². The fourth-order valence-electron chi connectivity index (χ4n) is 3.87. The number of nitrogens with one attached hydrogen (secondary N) is 2. The first-order chi connectivity index (χ1) is 18.5. The van der Waals surface area contributed by atoms with Crippen molar-refractivity contribution in [2.45, 2.75) is 11.8 Å². The molecule has 3 aromatic carbocycles. The Balaban J connectivity index is 1.76. The number of hydrogen-bond acceptors (Lipinski definition) is 8. The third kappa shape index (κ3) is 5.76. The summed E-state index contributed by atoms with van der Waals surface area (Å²) >= 11 is 13.1. The summed E-state index contributed by atoms with van der Waals surface area (Å²) < 4.78 is 34.6. The Kier molecular flexibility index (Phi) is 7.98. The van der Waals surface area contributed by atoms with E-state index in [1.165, 1.54) is 26.4 Å². The Labute approximate surface area is 234 Å². The molecule has 13 heteroatoms. The molecule has 10 nitrogen and oxygen atoms in total. The molecule has 4 rings (SSSR count). The number of nitrogens with two attached hydrogens (primary N) is 1. The number of benzene rings is 3. The second-order valence-electron chi connectivity index (χ2n) is 8.28. The lowest BCUT2D eigenvalue weighted by atomic mass is 10.0. The molecule has 0 bridgehead atoms. The number of amides is 1. The van der Waals surface area contributed by atoms with E-state index < -0.39 is 15.9 Å². The number of carbonyl (C=O) groups excluding carboxylic acids is 1. The number of rotatable bonds is 8. The molecule has 39 heavy (non-hydrogen) atoms. The van der Waals surface area contributed by atoms with Gasteiger partial charge in [-0.25, -0.2) is 23.5 Å². The van der Waals surface area contributed by atoms with Crippen molar-refractivity contribution in [3.05, 3.63) is 70.9 Å². The van der Waals surface area contributed by atoms with Gasteiger partial charge in [0.25, 0.3) is 0 Å².